The van der Waals surface area contributed by atoms with Crippen LogP contribution in [0.15, 0.2) is 18.2 Å². The Labute approximate surface area is 88.0 Å². The number of hydrogen-bond donors (Lipinski definition) is 1. The third-order valence-electron chi connectivity index (χ3n) is 2.06. The van der Waals surface area contributed by atoms with Gasteiger partial charge in [-0.25, -0.2) is 4.39 Å². The molecule has 0 aliphatic rings. The summed E-state index contributed by atoms with van der Waals surface area (Å²) in [5.41, 5.74) is 7.07. The second kappa shape index (κ2) is 4.89. The van der Waals surface area contributed by atoms with Gasteiger partial charge in [0.1, 0.15) is 11.9 Å². The number of nitrogens with two attached hydrogens (primary N) is 1. The van der Waals surface area contributed by atoms with Crippen molar-refractivity contribution in [3.8, 4) is 0 Å². The molecule has 82 valence electrons. The average molecular weight is 211 g/mol. The number of esters is 1. The van der Waals surface area contributed by atoms with Crippen LogP contribution in [-0.2, 0) is 16.0 Å². The largest absolute Gasteiger partial charge is 0.468 e. The highest BCUT2D eigenvalue weighted by Crippen LogP contribution is 2.10. The Morgan fingerprint density at radius 3 is 2.73 bits per heavy atom. The van der Waals surface area contributed by atoms with E-state index >= 15 is 0 Å². The normalized spacial score (nSPS) is 12.3. The lowest BCUT2D eigenvalue weighted by atomic mass is 10.0. The number of aryl methyl sites for hydroxylation is 1. The van der Waals surface area contributed by atoms with Crippen molar-refractivity contribution in [3.63, 3.8) is 0 Å². The molecule has 0 saturated heterocycles. The summed E-state index contributed by atoms with van der Waals surface area (Å²) in [7, 11) is 1.28. The number of carbonyl (C=O) groups excluding carboxylic acids is 1. The SMILES string of the molecule is COC(=O)[C@H](N)Cc1cc(C)cc(F)c1. The highest BCUT2D eigenvalue weighted by molar-refractivity contribution is 5.75. The monoisotopic (exact) mass is 211 g/mol. The predicted octanol–water partition coefficient (Wildman–Crippen LogP) is 1.18. The summed E-state index contributed by atoms with van der Waals surface area (Å²) in [5.74, 6) is -0.806. The van der Waals surface area contributed by atoms with Gasteiger partial charge in [-0.3, -0.25) is 4.79 Å². The van der Waals surface area contributed by atoms with Crippen LogP contribution in [0.4, 0.5) is 4.39 Å². The Hall–Kier alpha value is -1.42. The van der Waals surface area contributed by atoms with Crippen molar-refractivity contribution >= 4 is 5.97 Å². The van der Waals surface area contributed by atoms with Gasteiger partial charge in [0.2, 0.25) is 0 Å². The van der Waals surface area contributed by atoms with Gasteiger partial charge >= 0.3 is 5.97 Å². The highest BCUT2D eigenvalue weighted by Gasteiger charge is 2.14. The van der Waals surface area contributed by atoms with Gasteiger partial charge in [-0.05, 0) is 36.6 Å². The Bertz CT molecular complexity index is 345. The second-order valence-electron chi connectivity index (χ2n) is 3.47. The molecule has 0 aromatic heterocycles. The molecule has 2 N–H and O–H groups in total. The fourth-order valence-corrected chi connectivity index (χ4v) is 1.42. The Balaban J connectivity index is 2.76. The zero-order valence-corrected chi connectivity index (χ0v) is 8.79. The van der Waals surface area contributed by atoms with Gasteiger partial charge < -0.3 is 10.5 Å². The first-order chi connectivity index (χ1) is 7.02. The van der Waals surface area contributed by atoms with E-state index in [1.165, 1.54) is 19.2 Å². The fraction of sp³-hybridized carbons (Fsp3) is 0.364. The maximum absolute atomic E-state index is 13.0. The molecule has 0 radical (unpaired) electrons. The molecule has 0 aliphatic carbocycles. The number of hydrogen-bond acceptors (Lipinski definition) is 3. The second-order valence-corrected chi connectivity index (χ2v) is 3.47. The van der Waals surface area contributed by atoms with Crippen molar-refractivity contribution in [2.45, 2.75) is 19.4 Å². The number of ether oxygens (including phenoxy) is 1. The van der Waals surface area contributed by atoms with Gasteiger partial charge in [0.25, 0.3) is 0 Å². The molecule has 1 aromatic rings. The van der Waals surface area contributed by atoms with E-state index in [0.29, 0.717) is 5.56 Å². The Morgan fingerprint density at radius 2 is 2.20 bits per heavy atom. The lowest BCUT2D eigenvalue weighted by Crippen LogP contribution is -2.33. The molecule has 3 nitrogen and oxygen atoms in total. The van der Waals surface area contributed by atoms with Crippen LogP contribution in [0.25, 0.3) is 0 Å². The van der Waals surface area contributed by atoms with Crippen LogP contribution in [0, 0.1) is 12.7 Å². The number of halogens is 1. The van der Waals surface area contributed by atoms with Crippen molar-refractivity contribution in [3.05, 3.63) is 35.1 Å². The zero-order chi connectivity index (χ0) is 11.4. The lowest BCUT2D eigenvalue weighted by molar-refractivity contribution is -0.142. The minimum atomic E-state index is -0.740. The van der Waals surface area contributed by atoms with E-state index in [-0.39, 0.29) is 12.2 Å². The van der Waals surface area contributed by atoms with Gasteiger partial charge in [-0.1, -0.05) is 6.07 Å². The number of carbonyl (C=O) groups is 1. The van der Waals surface area contributed by atoms with Crippen molar-refractivity contribution in [1.29, 1.82) is 0 Å². The minimum Gasteiger partial charge on any atom is -0.468 e. The van der Waals surface area contributed by atoms with Crippen LogP contribution in [0.5, 0.6) is 0 Å². The van der Waals surface area contributed by atoms with Crippen LogP contribution >= 0.6 is 0 Å². The molecule has 4 heteroatoms. The molecule has 0 fully saturated rings. The molecule has 0 aliphatic heterocycles. The summed E-state index contributed by atoms with van der Waals surface area (Å²) in [6, 6.07) is 3.85. The first kappa shape index (κ1) is 11.7. The quantitative estimate of drug-likeness (QED) is 0.764. The first-order valence-corrected chi connectivity index (χ1v) is 4.62. The van der Waals surface area contributed by atoms with Gasteiger partial charge in [0.15, 0.2) is 0 Å². The molecule has 0 heterocycles. The Morgan fingerprint density at radius 1 is 1.53 bits per heavy atom. The predicted molar refractivity (Wildman–Crippen MR) is 54.8 cm³/mol. The van der Waals surface area contributed by atoms with E-state index in [4.69, 9.17) is 5.73 Å². The number of methoxy groups -OCH3 is 1. The summed E-state index contributed by atoms with van der Waals surface area (Å²) >= 11 is 0. The van der Waals surface area contributed by atoms with Crippen LogP contribution in [-0.4, -0.2) is 19.1 Å². The number of rotatable bonds is 3. The molecule has 0 amide bonds. The molecule has 0 spiro atoms. The van der Waals surface area contributed by atoms with Crippen molar-refractivity contribution in [2.24, 2.45) is 5.73 Å². The van der Waals surface area contributed by atoms with Gasteiger partial charge in [-0.2, -0.15) is 0 Å². The summed E-state index contributed by atoms with van der Waals surface area (Å²) in [5, 5.41) is 0. The van der Waals surface area contributed by atoms with Crippen LogP contribution in [0.2, 0.25) is 0 Å². The van der Waals surface area contributed by atoms with E-state index in [1.54, 1.807) is 13.0 Å². The molecule has 0 unspecified atom stereocenters. The minimum absolute atomic E-state index is 0.283. The van der Waals surface area contributed by atoms with E-state index in [0.717, 1.165) is 5.56 Å². The standard InChI is InChI=1S/C11H14FNO2/c1-7-3-8(5-9(12)4-7)6-10(13)11(14)15-2/h3-5,10H,6,13H2,1-2H3/t10-/m1/s1. The topological polar surface area (TPSA) is 52.3 Å². The highest BCUT2D eigenvalue weighted by atomic mass is 19.1. The molecule has 1 atom stereocenters. The molecule has 0 saturated carbocycles. The van der Waals surface area contributed by atoms with Crippen molar-refractivity contribution in [2.75, 3.05) is 7.11 Å². The molecule has 1 rings (SSSR count). The maximum atomic E-state index is 13.0. The van der Waals surface area contributed by atoms with Gasteiger partial charge in [-0.15, -0.1) is 0 Å². The first-order valence-electron chi connectivity index (χ1n) is 4.62. The molecular formula is C11H14FNO2. The summed E-state index contributed by atoms with van der Waals surface area (Å²) in [4.78, 5) is 11.0. The van der Waals surface area contributed by atoms with Crippen molar-refractivity contribution < 1.29 is 13.9 Å². The molecule has 0 bridgehead atoms. The smallest absolute Gasteiger partial charge is 0.322 e. The maximum Gasteiger partial charge on any atom is 0.322 e. The third kappa shape index (κ3) is 3.32. The summed E-state index contributed by atoms with van der Waals surface area (Å²) < 4.78 is 17.5. The molecule has 1 aromatic carbocycles. The lowest BCUT2D eigenvalue weighted by Gasteiger charge is -2.09. The van der Waals surface area contributed by atoms with Gasteiger partial charge in [0.05, 0.1) is 7.11 Å². The van der Waals surface area contributed by atoms with E-state index in [9.17, 15) is 9.18 Å². The number of benzene rings is 1. The van der Waals surface area contributed by atoms with E-state index in [2.05, 4.69) is 4.74 Å². The molecule has 15 heavy (non-hydrogen) atoms. The van der Waals surface area contributed by atoms with Gasteiger partial charge in [0, 0.05) is 0 Å². The Kier molecular flexibility index (Phi) is 3.80. The van der Waals surface area contributed by atoms with Crippen LogP contribution in [0.3, 0.4) is 0 Å². The summed E-state index contributed by atoms with van der Waals surface area (Å²) in [6.45, 7) is 1.79. The summed E-state index contributed by atoms with van der Waals surface area (Å²) in [6.07, 6.45) is 0.283. The van der Waals surface area contributed by atoms with E-state index in [1.807, 2.05) is 0 Å². The average Bonchev–Trinajstić information content (AvgIpc) is 2.14. The van der Waals surface area contributed by atoms with E-state index < -0.39 is 12.0 Å². The zero-order valence-electron chi connectivity index (χ0n) is 8.79. The third-order valence-corrected chi connectivity index (χ3v) is 2.06. The fourth-order valence-electron chi connectivity index (χ4n) is 1.42. The van der Waals surface area contributed by atoms with Crippen molar-refractivity contribution in [1.82, 2.24) is 0 Å². The molecular weight excluding hydrogens is 197 g/mol. The van der Waals surface area contributed by atoms with Crippen LogP contribution in [0.1, 0.15) is 11.1 Å². The van der Waals surface area contributed by atoms with Crippen LogP contribution < -0.4 is 5.73 Å².